The Morgan fingerprint density at radius 1 is 1.40 bits per heavy atom. The zero-order valence-electron chi connectivity index (χ0n) is 12.9. The van der Waals surface area contributed by atoms with Gasteiger partial charge in [-0.15, -0.1) is 0 Å². The van der Waals surface area contributed by atoms with Crippen molar-refractivity contribution in [3.05, 3.63) is 28.8 Å². The molecule has 1 unspecified atom stereocenters. The lowest BCUT2D eigenvalue weighted by atomic mass is 10.1. The van der Waals surface area contributed by atoms with Crippen molar-refractivity contribution in [1.82, 2.24) is 5.32 Å². The second kappa shape index (κ2) is 6.59. The lowest BCUT2D eigenvalue weighted by molar-refractivity contribution is 0.424. The maximum absolute atomic E-state index is 6.48. The lowest BCUT2D eigenvalue weighted by Gasteiger charge is -2.30. The van der Waals surface area contributed by atoms with Gasteiger partial charge in [0, 0.05) is 30.9 Å². The van der Waals surface area contributed by atoms with Gasteiger partial charge in [-0.2, -0.15) is 11.8 Å². The van der Waals surface area contributed by atoms with E-state index in [0.717, 1.165) is 11.6 Å². The molecule has 0 saturated carbocycles. The highest BCUT2D eigenvalue weighted by Gasteiger charge is 2.24. The maximum atomic E-state index is 6.48. The van der Waals surface area contributed by atoms with Crippen LogP contribution in [0.4, 0.5) is 5.69 Å². The Morgan fingerprint density at radius 2 is 2.15 bits per heavy atom. The lowest BCUT2D eigenvalue weighted by Crippen LogP contribution is -2.37. The van der Waals surface area contributed by atoms with Crippen LogP contribution in [0.3, 0.4) is 0 Å². The van der Waals surface area contributed by atoms with Gasteiger partial charge in [0.1, 0.15) is 0 Å². The number of hydrogen-bond donors (Lipinski definition) is 1. The van der Waals surface area contributed by atoms with Crippen molar-refractivity contribution in [2.45, 2.75) is 45.3 Å². The maximum Gasteiger partial charge on any atom is 0.0642 e. The molecular formula is C16H25ClN2S. The van der Waals surface area contributed by atoms with Gasteiger partial charge >= 0.3 is 0 Å². The van der Waals surface area contributed by atoms with Crippen molar-refractivity contribution in [1.29, 1.82) is 0 Å². The standard InChI is InChI=1S/C16H25ClN2S/c1-16(2,3)18-10-12-6-5-7-14(17)15(12)19(4)13-8-9-20-11-13/h5-7,13,18H,8-11H2,1-4H3. The summed E-state index contributed by atoms with van der Waals surface area (Å²) >= 11 is 8.51. The van der Waals surface area contributed by atoms with Crippen LogP contribution in [0, 0.1) is 0 Å². The van der Waals surface area contributed by atoms with Crippen molar-refractivity contribution in [2.75, 3.05) is 23.5 Å². The Kier molecular flexibility index (Phi) is 5.27. The summed E-state index contributed by atoms with van der Waals surface area (Å²) < 4.78 is 0. The molecule has 0 spiro atoms. The number of halogens is 1. The summed E-state index contributed by atoms with van der Waals surface area (Å²) in [6, 6.07) is 6.82. The number of nitrogens with zero attached hydrogens (tertiary/aromatic N) is 1. The van der Waals surface area contributed by atoms with Crippen LogP contribution in [-0.4, -0.2) is 30.1 Å². The number of para-hydroxylation sites is 1. The highest BCUT2D eigenvalue weighted by atomic mass is 35.5. The highest BCUT2D eigenvalue weighted by molar-refractivity contribution is 7.99. The predicted octanol–water partition coefficient (Wildman–Crippen LogP) is 4.17. The van der Waals surface area contributed by atoms with E-state index in [1.165, 1.54) is 29.2 Å². The Hall–Kier alpha value is -0.380. The van der Waals surface area contributed by atoms with Crippen molar-refractivity contribution in [3.8, 4) is 0 Å². The Morgan fingerprint density at radius 3 is 2.75 bits per heavy atom. The van der Waals surface area contributed by atoms with Gasteiger partial charge in [-0.1, -0.05) is 23.7 Å². The van der Waals surface area contributed by atoms with Gasteiger partial charge in [0.2, 0.25) is 0 Å². The summed E-state index contributed by atoms with van der Waals surface area (Å²) in [4.78, 5) is 2.38. The average molecular weight is 313 g/mol. The second-order valence-corrected chi connectivity index (χ2v) is 8.04. The van der Waals surface area contributed by atoms with Gasteiger partial charge in [0.05, 0.1) is 10.7 Å². The third-order valence-corrected chi connectivity index (χ3v) is 5.14. The van der Waals surface area contributed by atoms with Crippen LogP contribution in [0.2, 0.25) is 5.02 Å². The molecule has 1 saturated heterocycles. The monoisotopic (exact) mass is 312 g/mol. The molecule has 0 radical (unpaired) electrons. The van der Waals surface area contributed by atoms with Crippen LogP contribution in [0.15, 0.2) is 18.2 Å². The molecule has 1 N–H and O–H groups in total. The Balaban J connectivity index is 2.21. The number of nitrogens with one attached hydrogen (secondary N) is 1. The first kappa shape index (κ1) is 16.0. The van der Waals surface area contributed by atoms with Crippen LogP contribution >= 0.6 is 23.4 Å². The first-order chi connectivity index (χ1) is 9.38. The molecule has 0 aliphatic carbocycles. The quantitative estimate of drug-likeness (QED) is 0.898. The summed E-state index contributed by atoms with van der Waals surface area (Å²) in [5.41, 5.74) is 2.59. The third kappa shape index (κ3) is 4.06. The molecule has 1 aliphatic rings. The van der Waals surface area contributed by atoms with Gasteiger partial charge in [-0.3, -0.25) is 0 Å². The number of anilines is 1. The first-order valence-electron chi connectivity index (χ1n) is 7.21. The van der Waals surface area contributed by atoms with Crippen molar-refractivity contribution < 1.29 is 0 Å². The fraction of sp³-hybridized carbons (Fsp3) is 0.625. The van der Waals surface area contributed by atoms with E-state index < -0.39 is 0 Å². The predicted molar refractivity (Wildman–Crippen MR) is 92.2 cm³/mol. The molecule has 1 fully saturated rings. The van der Waals surface area contributed by atoms with E-state index in [-0.39, 0.29) is 5.54 Å². The average Bonchev–Trinajstić information content (AvgIpc) is 2.88. The summed E-state index contributed by atoms with van der Waals surface area (Å²) in [6.45, 7) is 7.42. The normalized spacial score (nSPS) is 19.4. The van der Waals surface area contributed by atoms with E-state index in [2.05, 4.69) is 44.1 Å². The molecule has 1 heterocycles. The molecule has 20 heavy (non-hydrogen) atoms. The number of hydrogen-bond acceptors (Lipinski definition) is 3. The minimum Gasteiger partial charge on any atom is -0.369 e. The van der Waals surface area contributed by atoms with Crippen molar-refractivity contribution in [3.63, 3.8) is 0 Å². The van der Waals surface area contributed by atoms with Crippen LogP contribution in [0.5, 0.6) is 0 Å². The largest absolute Gasteiger partial charge is 0.369 e. The molecule has 112 valence electrons. The molecule has 1 atom stereocenters. The van der Waals surface area contributed by atoms with E-state index in [4.69, 9.17) is 11.6 Å². The zero-order chi connectivity index (χ0) is 14.8. The fourth-order valence-corrected chi connectivity index (χ4v) is 4.06. The smallest absolute Gasteiger partial charge is 0.0642 e. The summed E-state index contributed by atoms with van der Waals surface area (Å²) in [5, 5.41) is 4.42. The molecule has 1 aliphatic heterocycles. The molecule has 0 amide bonds. The Bertz CT molecular complexity index is 450. The Labute approximate surface area is 132 Å². The van der Waals surface area contributed by atoms with Gasteiger partial charge in [-0.25, -0.2) is 0 Å². The van der Waals surface area contributed by atoms with Gasteiger partial charge in [0.25, 0.3) is 0 Å². The van der Waals surface area contributed by atoms with Gasteiger partial charge < -0.3 is 10.2 Å². The third-order valence-electron chi connectivity index (χ3n) is 3.69. The number of rotatable bonds is 4. The molecule has 1 aromatic carbocycles. The SMILES string of the molecule is CN(c1c(Cl)cccc1CNC(C)(C)C)C1CCSC1. The van der Waals surface area contributed by atoms with E-state index in [9.17, 15) is 0 Å². The molecule has 0 bridgehead atoms. The van der Waals surface area contributed by atoms with Crippen LogP contribution in [0.25, 0.3) is 0 Å². The van der Waals surface area contributed by atoms with Crippen molar-refractivity contribution in [2.24, 2.45) is 0 Å². The second-order valence-electron chi connectivity index (χ2n) is 6.48. The highest BCUT2D eigenvalue weighted by Crippen LogP contribution is 2.34. The minimum absolute atomic E-state index is 0.112. The first-order valence-corrected chi connectivity index (χ1v) is 8.75. The van der Waals surface area contributed by atoms with Crippen LogP contribution < -0.4 is 10.2 Å². The van der Waals surface area contributed by atoms with Crippen LogP contribution in [-0.2, 0) is 6.54 Å². The number of thioether (sulfide) groups is 1. The fourth-order valence-electron chi connectivity index (χ4n) is 2.47. The van der Waals surface area contributed by atoms with Gasteiger partial charge in [0.15, 0.2) is 0 Å². The zero-order valence-corrected chi connectivity index (χ0v) is 14.4. The van der Waals surface area contributed by atoms with Gasteiger partial charge in [-0.05, 0) is 44.6 Å². The van der Waals surface area contributed by atoms with E-state index in [1.807, 2.05) is 23.9 Å². The summed E-state index contributed by atoms with van der Waals surface area (Å²) in [5.74, 6) is 2.46. The summed E-state index contributed by atoms with van der Waals surface area (Å²) in [7, 11) is 2.18. The topological polar surface area (TPSA) is 15.3 Å². The molecule has 2 nitrogen and oxygen atoms in total. The molecule has 2 rings (SSSR count). The van der Waals surface area contributed by atoms with E-state index in [0.29, 0.717) is 6.04 Å². The molecule has 4 heteroatoms. The van der Waals surface area contributed by atoms with E-state index in [1.54, 1.807) is 0 Å². The molecule has 0 aromatic heterocycles. The summed E-state index contributed by atoms with van der Waals surface area (Å²) in [6.07, 6.45) is 1.25. The number of benzene rings is 1. The molecule has 1 aromatic rings. The minimum atomic E-state index is 0.112. The van der Waals surface area contributed by atoms with Crippen LogP contribution in [0.1, 0.15) is 32.8 Å². The molecular weight excluding hydrogens is 288 g/mol. The van der Waals surface area contributed by atoms with E-state index >= 15 is 0 Å². The van der Waals surface area contributed by atoms with Crippen molar-refractivity contribution >= 4 is 29.1 Å².